The van der Waals surface area contributed by atoms with E-state index in [9.17, 15) is 4.79 Å². The molecule has 0 atom stereocenters. The van der Waals surface area contributed by atoms with Crippen molar-refractivity contribution in [3.63, 3.8) is 0 Å². The minimum absolute atomic E-state index is 0.146. The fraction of sp³-hybridized carbons (Fsp3) is 0.263. The SMILES string of the molecule is N#Cc1ccc(CN2CC3(Cc4ccccc4NC3=O)C2)cc1. The molecule has 23 heavy (non-hydrogen) atoms. The van der Waals surface area contributed by atoms with Crippen LogP contribution in [0.25, 0.3) is 0 Å². The van der Waals surface area contributed by atoms with Gasteiger partial charge in [-0.05, 0) is 35.7 Å². The number of amides is 1. The summed E-state index contributed by atoms with van der Waals surface area (Å²) in [5, 5.41) is 11.9. The molecule has 2 heterocycles. The van der Waals surface area contributed by atoms with Gasteiger partial charge in [0.25, 0.3) is 0 Å². The summed E-state index contributed by atoms with van der Waals surface area (Å²) in [5.41, 5.74) is 3.76. The van der Waals surface area contributed by atoms with Crippen LogP contribution < -0.4 is 5.32 Å². The Morgan fingerprint density at radius 1 is 1.13 bits per heavy atom. The normalized spacial score (nSPS) is 18.7. The number of likely N-dealkylation sites (tertiary alicyclic amines) is 1. The first kappa shape index (κ1) is 14.0. The fourth-order valence-corrected chi connectivity index (χ4v) is 3.62. The van der Waals surface area contributed by atoms with Gasteiger partial charge in [-0.2, -0.15) is 5.26 Å². The van der Waals surface area contributed by atoms with E-state index in [0.29, 0.717) is 5.56 Å². The molecule has 0 saturated carbocycles. The molecule has 4 nitrogen and oxygen atoms in total. The van der Waals surface area contributed by atoms with E-state index in [-0.39, 0.29) is 11.3 Å². The van der Waals surface area contributed by atoms with Crippen molar-refractivity contribution in [2.45, 2.75) is 13.0 Å². The summed E-state index contributed by atoms with van der Waals surface area (Å²) in [6.45, 7) is 2.39. The lowest BCUT2D eigenvalue weighted by Crippen LogP contribution is -2.63. The molecule has 0 unspecified atom stereocenters. The number of hydrogen-bond acceptors (Lipinski definition) is 3. The minimum atomic E-state index is -0.277. The van der Waals surface area contributed by atoms with Gasteiger partial charge in [-0.25, -0.2) is 0 Å². The first-order valence-corrected chi connectivity index (χ1v) is 7.79. The first-order chi connectivity index (χ1) is 11.2. The molecule has 0 aromatic heterocycles. The van der Waals surface area contributed by atoms with Crippen molar-refractivity contribution in [2.24, 2.45) is 5.41 Å². The second kappa shape index (κ2) is 5.22. The van der Waals surface area contributed by atoms with Gasteiger partial charge in [-0.15, -0.1) is 0 Å². The molecule has 1 amide bonds. The predicted molar refractivity (Wildman–Crippen MR) is 87.6 cm³/mol. The van der Waals surface area contributed by atoms with Crippen molar-refractivity contribution in [1.29, 1.82) is 5.26 Å². The van der Waals surface area contributed by atoms with Crippen LogP contribution in [0.1, 0.15) is 16.7 Å². The Bertz CT molecular complexity index is 798. The average Bonchev–Trinajstić information content (AvgIpc) is 2.54. The van der Waals surface area contributed by atoms with Gasteiger partial charge in [0.1, 0.15) is 0 Å². The molecule has 114 valence electrons. The van der Waals surface area contributed by atoms with Gasteiger partial charge in [0.15, 0.2) is 0 Å². The second-order valence-corrected chi connectivity index (χ2v) is 6.52. The van der Waals surface area contributed by atoms with Gasteiger partial charge in [-0.1, -0.05) is 30.3 Å². The summed E-state index contributed by atoms with van der Waals surface area (Å²) in [6, 6.07) is 17.8. The van der Waals surface area contributed by atoms with Crippen molar-refractivity contribution < 1.29 is 4.79 Å². The Morgan fingerprint density at radius 3 is 2.61 bits per heavy atom. The number of carbonyl (C=O) groups is 1. The second-order valence-electron chi connectivity index (χ2n) is 6.52. The summed E-state index contributed by atoms with van der Waals surface area (Å²) in [7, 11) is 0. The van der Waals surface area contributed by atoms with E-state index in [1.54, 1.807) is 0 Å². The largest absolute Gasteiger partial charge is 0.325 e. The van der Waals surface area contributed by atoms with E-state index in [1.165, 1.54) is 11.1 Å². The van der Waals surface area contributed by atoms with Crippen LogP contribution in [0, 0.1) is 16.7 Å². The van der Waals surface area contributed by atoms with Gasteiger partial charge < -0.3 is 5.32 Å². The average molecular weight is 303 g/mol. The van der Waals surface area contributed by atoms with Gasteiger partial charge >= 0.3 is 0 Å². The number of rotatable bonds is 2. The summed E-state index contributed by atoms with van der Waals surface area (Å²) in [5.74, 6) is 0.146. The minimum Gasteiger partial charge on any atom is -0.325 e. The van der Waals surface area contributed by atoms with Crippen LogP contribution in [-0.4, -0.2) is 23.9 Å². The number of benzene rings is 2. The zero-order valence-electron chi connectivity index (χ0n) is 12.7. The van der Waals surface area contributed by atoms with Crippen LogP contribution in [0.15, 0.2) is 48.5 Å². The van der Waals surface area contributed by atoms with Crippen LogP contribution in [0.5, 0.6) is 0 Å². The molecular formula is C19H17N3O. The molecular weight excluding hydrogens is 286 g/mol. The number of nitrogens with one attached hydrogen (secondary N) is 1. The highest BCUT2D eigenvalue weighted by Gasteiger charge is 2.51. The predicted octanol–water partition coefficient (Wildman–Crippen LogP) is 2.56. The van der Waals surface area contributed by atoms with Crippen LogP contribution >= 0.6 is 0 Å². The van der Waals surface area contributed by atoms with Crippen LogP contribution in [0.2, 0.25) is 0 Å². The molecule has 1 fully saturated rings. The van der Waals surface area contributed by atoms with Gasteiger partial charge in [-0.3, -0.25) is 9.69 Å². The molecule has 0 bridgehead atoms. The number of anilines is 1. The lowest BCUT2D eigenvalue weighted by Gasteiger charge is -2.51. The summed E-state index contributed by atoms with van der Waals surface area (Å²) in [4.78, 5) is 14.8. The van der Waals surface area contributed by atoms with E-state index in [0.717, 1.165) is 31.7 Å². The number of nitriles is 1. The Labute approximate surface area is 135 Å². The maximum absolute atomic E-state index is 12.5. The smallest absolute Gasteiger partial charge is 0.233 e. The number of carbonyl (C=O) groups excluding carboxylic acids is 1. The molecule has 1 spiro atoms. The van der Waals surface area contributed by atoms with Crippen molar-refractivity contribution in [1.82, 2.24) is 4.90 Å². The summed E-state index contributed by atoms with van der Waals surface area (Å²) >= 11 is 0. The monoisotopic (exact) mass is 303 g/mol. The van der Waals surface area contributed by atoms with E-state index < -0.39 is 0 Å². The topological polar surface area (TPSA) is 56.1 Å². The third-order valence-electron chi connectivity index (χ3n) is 4.82. The van der Waals surface area contributed by atoms with Gasteiger partial charge in [0, 0.05) is 25.3 Å². The van der Waals surface area contributed by atoms with E-state index >= 15 is 0 Å². The zero-order valence-corrected chi connectivity index (χ0v) is 12.7. The molecule has 4 heteroatoms. The molecule has 0 radical (unpaired) electrons. The lowest BCUT2D eigenvalue weighted by atomic mass is 9.71. The standard InChI is InChI=1S/C19H17N3O/c20-10-14-5-7-15(8-6-14)11-22-12-19(13-22)9-16-3-1-2-4-17(16)21-18(19)23/h1-8H,9,11-13H2,(H,21,23). The Kier molecular flexibility index (Phi) is 3.17. The van der Waals surface area contributed by atoms with Crippen LogP contribution in [0.4, 0.5) is 5.69 Å². The molecule has 2 aromatic carbocycles. The molecule has 1 saturated heterocycles. The van der Waals surface area contributed by atoms with Crippen molar-refractivity contribution >= 4 is 11.6 Å². The third kappa shape index (κ3) is 2.39. The highest BCUT2D eigenvalue weighted by atomic mass is 16.2. The number of nitrogens with zero attached hydrogens (tertiary/aromatic N) is 2. The Hall–Kier alpha value is -2.64. The maximum atomic E-state index is 12.5. The van der Waals surface area contributed by atoms with E-state index in [1.807, 2.05) is 42.5 Å². The molecule has 2 aliphatic rings. The van der Waals surface area contributed by atoms with Gasteiger partial charge in [0.05, 0.1) is 17.0 Å². The zero-order chi connectivity index (χ0) is 15.9. The molecule has 2 aliphatic heterocycles. The number of hydrogen-bond donors (Lipinski definition) is 1. The Balaban J connectivity index is 1.44. The van der Waals surface area contributed by atoms with Crippen LogP contribution in [-0.2, 0) is 17.8 Å². The summed E-state index contributed by atoms with van der Waals surface area (Å²) in [6.07, 6.45) is 0.818. The number of fused-ring (bicyclic) bond motifs is 1. The molecule has 2 aromatic rings. The first-order valence-electron chi connectivity index (χ1n) is 7.79. The quantitative estimate of drug-likeness (QED) is 0.927. The van der Waals surface area contributed by atoms with Crippen LogP contribution in [0.3, 0.4) is 0 Å². The van der Waals surface area contributed by atoms with E-state index in [2.05, 4.69) is 22.4 Å². The summed E-state index contributed by atoms with van der Waals surface area (Å²) < 4.78 is 0. The number of para-hydroxylation sites is 1. The molecule has 0 aliphatic carbocycles. The maximum Gasteiger partial charge on any atom is 0.233 e. The van der Waals surface area contributed by atoms with Crippen molar-refractivity contribution in [3.8, 4) is 6.07 Å². The fourth-order valence-electron chi connectivity index (χ4n) is 3.62. The third-order valence-corrected chi connectivity index (χ3v) is 4.82. The molecule has 1 N–H and O–H groups in total. The highest BCUT2D eigenvalue weighted by Crippen LogP contribution is 2.41. The Morgan fingerprint density at radius 2 is 1.87 bits per heavy atom. The van der Waals surface area contributed by atoms with Crippen molar-refractivity contribution in [3.05, 3.63) is 65.2 Å². The van der Waals surface area contributed by atoms with E-state index in [4.69, 9.17) is 5.26 Å². The highest BCUT2D eigenvalue weighted by molar-refractivity contribution is 5.99. The lowest BCUT2D eigenvalue weighted by molar-refractivity contribution is -0.137. The van der Waals surface area contributed by atoms with Crippen molar-refractivity contribution in [2.75, 3.05) is 18.4 Å². The molecule has 4 rings (SSSR count). The van der Waals surface area contributed by atoms with Gasteiger partial charge in [0.2, 0.25) is 5.91 Å².